The van der Waals surface area contributed by atoms with Crippen molar-refractivity contribution in [2.45, 2.75) is 31.1 Å². The molecule has 0 saturated carbocycles. The van der Waals surface area contributed by atoms with Crippen LogP contribution in [0.3, 0.4) is 0 Å². The molecule has 1 saturated heterocycles. The third-order valence-corrected chi connectivity index (χ3v) is 5.78. The lowest BCUT2D eigenvalue weighted by atomic mass is 10.1. The Bertz CT molecular complexity index is 659. The zero-order valence-corrected chi connectivity index (χ0v) is 13.1. The summed E-state index contributed by atoms with van der Waals surface area (Å²) in [6, 6.07) is -0.374. The Balaban J connectivity index is 1.73. The number of thioether (sulfide) groups is 2. The molecule has 2 aliphatic rings. The molecule has 1 amide bonds. The first-order chi connectivity index (χ1) is 10.1. The van der Waals surface area contributed by atoms with Crippen molar-refractivity contribution in [1.29, 1.82) is 0 Å². The van der Waals surface area contributed by atoms with E-state index in [2.05, 4.69) is 10.3 Å². The number of fused-ring (bicyclic) bond motifs is 1. The number of carbonyl (C=O) groups is 2. The van der Waals surface area contributed by atoms with Gasteiger partial charge in [-0.3, -0.25) is 19.0 Å². The first kappa shape index (κ1) is 14.6. The highest BCUT2D eigenvalue weighted by Crippen LogP contribution is 2.26. The van der Waals surface area contributed by atoms with Crippen LogP contribution in [0.5, 0.6) is 0 Å². The number of hydrogen-bond acceptors (Lipinski definition) is 6. The molecule has 3 heterocycles. The van der Waals surface area contributed by atoms with E-state index in [0.29, 0.717) is 29.4 Å². The van der Waals surface area contributed by atoms with Gasteiger partial charge in [-0.2, -0.15) is 0 Å². The van der Waals surface area contributed by atoms with Crippen LogP contribution >= 0.6 is 23.5 Å². The molecule has 1 aromatic rings. The Morgan fingerprint density at radius 2 is 2.24 bits per heavy atom. The van der Waals surface area contributed by atoms with Gasteiger partial charge in [-0.05, 0) is 13.3 Å². The summed E-state index contributed by atoms with van der Waals surface area (Å²) in [6.45, 7) is 2.04. The number of aromatic nitrogens is 2. The van der Waals surface area contributed by atoms with Crippen molar-refractivity contribution in [2.24, 2.45) is 5.92 Å². The highest BCUT2D eigenvalue weighted by Gasteiger charge is 2.32. The highest BCUT2D eigenvalue weighted by molar-refractivity contribution is 8.14. The molecule has 0 aliphatic carbocycles. The minimum Gasteiger partial charge on any atom is -0.345 e. The van der Waals surface area contributed by atoms with Gasteiger partial charge in [-0.15, -0.1) is 0 Å². The van der Waals surface area contributed by atoms with Crippen LogP contribution in [0, 0.1) is 12.8 Å². The van der Waals surface area contributed by atoms with E-state index in [-0.39, 0.29) is 28.5 Å². The Morgan fingerprint density at radius 1 is 1.43 bits per heavy atom. The number of amides is 1. The monoisotopic (exact) mass is 325 g/mol. The predicted octanol–water partition coefficient (Wildman–Crippen LogP) is 0.422. The molecule has 2 atom stereocenters. The first-order valence-electron chi connectivity index (χ1n) is 6.72. The minimum atomic E-state index is -0.374. The van der Waals surface area contributed by atoms with Crippen LogP contribution in [-0.2, 0) is 16.1 Å². The van der Waals surface area contributed by atoms with E-state index in [1.165, 1.54) is 23.5 Å². The lowest BCUT2D eigenvalue weighted by Crippen LogP contribution is -2.45. The van der Waals surface area contributed by atoms with Crippen LogP contribution in [0.4, 0.5) is 0 Å². The second-order valence-corrected chi connectivity index (χ2v) is 7.25. The van der Waals surface area contributed by atoms with Crippen molar-refractivity contribution in [3.8, 4) is 0 Å². The standard InChI is InChI=1S/C13H15N3O3S2/c1-7-4-14-13-16(11(7)18)5-8(6-21-13)10(17)15-9-2-3-20-12(9)19/h4,8-9H,2-3,5-6H2,1H3,(H,15,17). The molecule has 0 radical (unpaired) electrons. The van der Waals surface area contributed by atoms with Crippen molar-refractivity contribution in [1.82, 2.24) is 14.9 Å². The fraction of sp³-hybridized carbons (Fsp3) is 0.538. The van der Waals surface area contributed by atoms with Gasteiger partial charge >= 0.3 is 0 Å². The second-order valence-electron chi connectivity index (χ2n) is 5.16. The number of hydrogen-bond donors (Lipinski definition) is 1. The highest BCUT2D eigenvalue weighted by atomic mass is 32.2. The third-order valence-electron chi connectivity index (χ3n) is 3.62. The topological polar surface area (TPSA) is 81.1 Å². The zero-order chi connectivity index (χ0) is 15.0. The van der Waals surface area contributed by atoms with Gasteiger partial charge in [-0.25, -0.2) is 4.98 Å². The summed E-state index contributed by atoms with van der Waals surface area (Å²) in [4.78, 5) is 40.2. The molecule has 6 nitrogen and oxygen atoms in total. The molecule has 1 aromatic heterocycles. The Labute approximate surface area is 130 Å². The van der Waals surface area contributed by atoms with E-state index >= 15 is 0 Å². The van der Waals surface area contributed by atoms with Gasteiger partial charge < -0.3 is 5.32 Å². The molecule has 2 aliphatic heterocycles. The number of rotatable bonds is 2. The van der Waals surface area contributed by atoms with Gasteiger partial charge in [0.05, 0.1) is 12.0 Å². The van der Waals surface area contributed by atoms with E-state index in [1.807, 2.05) is 0 Å². The molecule has 0 spiro atoms. The van der Waals surface area contributed by atoms with Crippen molar-refractivity contribution < 1.29 is 9.59 Å². The molecule has 0 bridgehead atoms. The summed E-state index contributed by atoms with van der Waals surface area (Å²) in [7, 11) is 0. The van der Waals surface area contributed by atoms with E-state index in [4.69, 9.17) is 0 Å². The largest absolute Gasteiger partial charge is 0.345 e. The van der Waals surface area contributed by atoms with Gasteiger partial charge in [0.25, 0.3) is 5.56 Å². The van der Waals surface area contributed by atoms with Crippen LogP contribution in [0.15, 0.2) is 16.1 Å². The predicted molar refractivity (Wildman–Crippen MR) is 81.5 cm³/mol. The van der Waals surface area contributed by atoms with E-state index in [9.17, 15) is 14.4 Å². The zero-order valence-electron chi connectivity index (χ0n) is 11.5. The van der Waals surface area contributed by atoms with Crippen LogP contribution in [0.25, 0.3) is 0 Å². The van der Waals surface area contributed by atoms with Crippen molar-refractivity contribution in [3.05, 3.63) is 22.1 Å². The molecular weight excluding hydrogens is 310 g/mol. The Morgan fingerprint density at radius 3 is 2.95 bits per heavy atom. The maximum absolute atomic E-state index is 12.3. The quantitative estimate of drug-likeness (QED) is 0.794. The molecule has 2 unspecified atom stereocenters. The molecule has 3 rings (SSSR count). The normalized spacial score (nSPS) is 24.7. The van der Waals surface area contributed by atoms with Gasteiger partial charge in [0, 0.05) is 29.8 Å². The third kappa shape index (κ3) is 2.87. The maximum atomic E-state index is 12.3. The minimum absolute atomic E-state index is 0.0295. The lowest BCUT2D eigenvalue weighted by Gasteiger charge is -2.25. The molecule has 1 fully saturated rings. The van der Waals surface area contributed by atoms with Crippen LogP contribution in [-0.4, -0.2) is 38.1 Å². The smallest absolute Gasteiger partial charge is 0.257 e. The summed E-state index contributed by atoms with van der Waals surface area (Å²) < 4.78 is 1.55. The van der Waals surface area contributed by atoms with Crippen LogP contribution in [0.1, 0.15) is 12.0 Å². The first-order valence-corrected chi connectivity index (χ1v) is 8.69. The molecule has 21 heavy (non-hydrogen) atoms. The molecule has 1 N–H and O–H groups in total. The van der Waals surface area contributed by atoms with Gasteiger partial charge in [0.2, 0.25) is 11.0 Å². The molecular formula is C13H15N3O3S2. The summed E-state index contributed by atoms with van der Waals surface area (Å²) in [5.74, 6) is 0.883. The van der Waals surface area contributed by atoms with Crippen molar-refractivity contribution >= 4 is 34.5 Å². The number of nitrogens with one attached hydrogen (secondary N) is 1. The fourth-order valence-corrected chi connectivity index (χ4v) is 4.36. The van der Waals surface area contributed by atoms with Crippen molar-refractivity contribution in [2.75, 3.05) is 11.5 Å². The average Bonchev–Trinajstić information content (AvgIpc) is 2.88. The maximum Gasteiger partial charge on any atom is 0.257 e. The molecule has 8 heteroatoms. The van der Waals surface area contributed by atoms with Gasteiger partial charge in [0.1, 0.15) is 0 Å². The Hall–Kier alpha value is -1.28. The summed E-state index contributed by atoms with van der Waals surface area (Å²) in [5.41, 5.74) is 0.472. The number of aryl methyl sites for hydroxylation is 1. The molecule has 112 valence electrons. The van der Waals surface area contributed by atoms with Crippen LogP contribution < -0.4 is 10.9 Å². The average molecular weight is 325 g/mol. The molecule has 0 aromatic carbocycles. The number of carbonyl (C=O) groups excluding carboxylic acids is 2. The second kappa shape index (κ2) is 5.84. The van der Waals surface area contributed by atoms with Gasteiger partial charge in [0.15, 0.2) is 5.16 Å². The summed E-state index contributed by atoms with van der Waals surface area (Å²) in [6.07, 6.45) is 2.25. The number of nitrogens with zero attached hydrogens (tertiary/aromatic N) is 2. The van der Waals surface area contributed by atoms with Crippen LogP contribution in [0.2, 0.25) is 0 Å². The van der Waals surface area contributed by atoms with E-state index in [1.54, 1.807) is 17.7 Å². The summed E-state index contributed by atoms with van der Waals surface area (Å²) >= 11 is 2.67. The van der Waals surface area contributed by atoms with Crippen molar-refractivity contribution in [3.63, 3.8) is 0 Å². The van der Waals surface area contributed by atoms with E-state index < -0.39 is 0 Å². The summed E-state index contributed by atoms with van der Waals surface area (Å²) in [5, 5.41) is 3.49. The SMILES string of the molecule is Cc1cnc2n(c1=O)CC(C(=O)NC1CCSC1=O)CS2. The lowest BCUT2D eigenvalue weighted by molar-refractivity contribution is -0.127. The fourth-order valence-electron chi connectivity index (χ4n) is 2.38. The van der Waals surface area contributed by atoms with Gasteiger partial charge in [-0.1, -0.05) is 23.5 Å². The van der Waals surface area contributed by atoms with E-state index in [0.717, 1.165) is 5.75 Å². The Kier molecular flexibility index (Phi) is 4.08.